The zero-order valence-electron chi connectivity index (χ0n) is 17.0. The molecule has 5 rings (SSSR count). The first-order valence-corrected chi connectivity index (χ1v) is 10.3. The van der Waals surface area contributed by atoms with Gasteiger partial charge in [0, 0.05) is 30.7 Å². The third kappa shape index (κ3) is 3.35. The number of anilines is 1. The van der Waals surface area contributed by atoms with Crippen molar-refractivity contribution in [3.05, 3.63) is 66.4 Å². The fourth-order valence-corrected chi connectivity index (χ4v) is 4.39. The highest BCUT2D eigenvalue weighted by molar-refractivity contribution is 6.00. The van der Waals surface area contributed by atoms with E-state index in [1.54, 1.807) is 18.3 Å². The monoisotopic (exact) mass is 404 g/mol. The summed E-state index contributed by atoms with van der Waals surface area (Å²) in [5.41, 5.74) is 11.1. The molecule has 4 heterocycles. The van der Waals surface area contributed by atoms with Gasteiger partial charge in [-0.3, -0.25) is 0 Å². The molecule has 0 radical (unpaired) electrons. The molecular weight excluding hydrogens is 379 g/mol. The molecule has 1 saturated heterocycles. The van der Waals surface area contributed by atoms with E-state index in [4.69, 9.17) is 10.7 Å². The fraction of sp³-hybridized carbons (Fsp3) is 0.304. The molecule has 154 valence electrons. The van der Waals surface area contributed by atoms with E-state index in [1.165, 1.54) is 17.7 Å². The number of imidazole rings is 1. The third-order valence-electron chi connectivity index (χ3n) is 6.08. The maximum absolute atomic E-state index is 13.4. The Kier molecular flexibility index (Phi) is 4.75. The molecule has 1 fully saturated rings. The normalized spacial score (nSPS) is 18.2. The molecule has 0 spiro atoms. The van der Waals surface area contributed by atoms with Crippen LogP contribution in [0.2, 0.25) is 0 Å². The van der Waals surface area contributed by atoms with Crippen molar-refractivity contribution in [2.75, 3.05) is 31.6 Å². The van der Waals surface area contributed by atoms with Crippen LogP contribution in [0.1, 0.15) is 24.3 Å². The van der Waals surface area contributed by atoms with Gasteiger partial charge >= 0.3 is 0 Å². The van der Waals surface area contributed by atoms with Gasteiger partial charge < -0.3 is 19.9 Å². The Morgan fingerprint density at radius 2 is 1.87 bits per heavy atom. The van der Waals surface area contributed by atoms with Crippen LogP contribution in [0.15, 0.2) is 60.0 Å². The number of likely N-dealkylation sites (tertiary alicyclic amines) is 1. The molecule has 0 saturated carbocycles. The van der Waals surface area contributed by atoms with Gasteiger partial charge in [0.15, 0.2) is 5.65 Å². The van der Waals surface area contributed by atoms with E-state index in [0.717, 1.165) is 48.5 Å². The van der Waals surface area contributed by atoms with E-state index in [9.17, 15) is 4.39 Å². The molecule has 0 aliphatic carbocycles. The minimum absolute atomic E-state index is 0.253. The number of hydrogen-bond acceptors (Lipinski definition) is 5. The van der Waals surface area contributed by atoms with E-state index >= 15 is 0 Å². The van der Waals surface area contributed by atoms with Crippen molar-refractivity contribution in [1.82, 2.24) is 14.3 Å². The lowest BCUT2D eigenvalue weighted by Gasteiger charge is -2.33. The first-order valence-electron chi connectivity index (χ1n) is 10.3. The van der Waals surface area contributed by atoms with E-state index in [0.29, 0.717) is 18.4 Å². The number of aromatic nitrogens is 2. The van der Waals surface area contributed by atoms with Crippen LogP contribution in [0.3, 0.4) is 0 Å². The quantitative estimate of drug-likeness (QED) is 0.725. The molecule has 0 unspecified atom stereocenters. The smallest absolute Gasteiger partial charge is 0.200 e. The molecule has 2 aromatic heterocycles. The van der Waals surface area contributed by atoms with Gasteiger partial charge in [-0.25, -0.2) is 14.4 Å². The van der Waals surface area contributed by atoms with Crippen LogP contribution in [0.25, 0.3) is 16.9 Å². The lowest BCUT2D eigenvalue weighted by Crippen LogP contribution is -2.40. The summed E-state index contributed by atoms with van der Waals surface area (Å²) in [7, 11) is 2.17. The fourth-order valence-electron chi connectivity index (χ4n) is 4.39. The largest absolute Gasteiger partial charge is 0.369 e. The van der Waals surface area contributed by atoms with E-state index in [1.807, 2.05) is 21.6 Å². The number of guanidine groups is 1. The minimum Gasteiger partial charge on any atom is -0.369 e. The Morgan fingerprint density at radius 3 is 2.60 bits per heavy atom. The topological polar surface area (TPSA) is 62.2 Å². The predicted molar refractivity (Wildman–Crippen MR) is 118 cm³/mol. The van der Waals surface area contributed by atoms with Crippen LogP contribution >= 0.6 is 0 Å². The van der Waals surface area contributed by atoms with Gasteiger partial charge in [0.1, 0.15) is 5.82 Å². The Labute approximate surface area is 175 Å². The summed E-state index contributed by atoms with van der Waals surface area (Å²) < 4.78 is 15.4. The SMILES string of the molecule is CN1CCC(c2ccn3cc(-c4ccc(F)cc4)nc3c2N2CC=CN=C2N)CC1. The van der Waals surface area contributed by atoms with E-state index < -0.39 is 0 Å². The minimum atomic E-state index is -0.253. The van der Waals surface area contributed by atoms with Crippen LogP contribution < -0.4 is 10.6 Å². The standard InChI is InChI=1S/C23H25FN6/c1-28-12-7-16(8-13-28)19-9-14-29-15-20(17-3-5-18(24)6-4-17)27-22(29)21(19)30-11-2-10-26-23(30)25/h2-6,9-10,14-16H,7-8,11-13H2,1H3,(H2,25,26). The zero-order valence-corrected chi connectivity index (χ0v) is 17.0. The molecule has 2 N–H and O–H groups in total. The number of halogens is 1. The number of rotatable bonds is 3. The Balaban J connectivity index is 1.65. The van der Waals surface area contributed by atoms with Crippen molar-refractivity contribution in [3.63, 3.8) is 0 Å². The number of pyridine rings is 1. The van der Waals surface area contributed by atoms with Gasteiger partial charge in [-0.15, -0.1) is 0 Å². The lowest BCUT2D eigenvalue weighted by molar-refractivity contribution is 0.255. The van der Waals surface area contributed by atoms with E-state index in [-0.39, 0.29) is 5.82 Å². The lowest BCUT2D eigenvalue weighted by atomic mass is 9.88. The Hall–Kier alpha value is -3.19. The molecule has 1 aromatic carbocycles. The highest BCUT2D eigenvalue weighted by Gasteiger charge is 2.27. The van der Waals surface area contributed by atoms with Crippen molar-refractivity contribution in [2.45, 2.75) is 18.8 Å². The summed E-state index contributed by atoms with van der Waals surface area (Å²) in [6.45, 7) is 2.81. The second-order valence-electron chi connectivity index (χ2n) is 8.04. The second-order valence-corrected chi connectivity index (χ2v) is 8.04. The van der Waals surface area contributed by atoms with Gasteiger partial charge in [-0.05, 0) is 80.9 Å². The molecule has 0 amide bonds. The summed E-state index contributed by atoms with van der Waals surface area (Å²) in [6, 6.07) is 8.64. The van der Waals surface area contributed by atoms with E-state index in [2.05, 4.69) is 29.2 Å². The van der Waals surface area contributed by atoms with Crippen molar-refractivity contribution in [2.24, 2.45) is 10.7 Å². The van der Waals surface area contributed by atoms with Crippen molar-refractivity contribution >= 4 is 17.3 Å². The number of piperidine rings is 1. The summed E-state index contributed by atoms with van der Waals surface area (Å²) >= 11 is 0. The Morgan fingerprint density at radius 1 is 1.10 bits per heavy atom. The summed E-state index contributed by atoms with van der Waals surface area (Å²) in [4.78, 5) is 13.7. The van der Waals surface area contributed by atoms with Gasteiger partial charge in [0.2, 0.25) is 5.96 Å². The summed E-state index contributed by atoms with van der Waals surface area (Å²) in [6.07, 6.45) is 10.0. The van der Waals surface area contributed by atoms with Crippen molar-refractivity contribution in [3.8, 4) is 11.3 Å². The molecule has 0 atom stereocenters. The maximum Gasteiger partial charge on any atom is 0.200 e. The van der Waals surface area contributed by atoms with Crippen molar-refractivity contribution in [1.29, 1.82) is 0 Å². The van der Waals surface area contributed by atoms with Gasteiger partial charge in [-0.2, -0.15) is 0 Å². The zero-order chi connectivity index (χ0) is 20.7. The highest BCUT2D eigenvalue weighted by atomic mass is 19.1. The molecule has 30 heavy (non-hydrogen) atoms. The maximum atomic E-state index is 13.4. The van der Waals surface area contributed by atoms with Crippen LogP contribution in [-0.2, 0) is 0 Å². The molecular formula is C23H25FN6. The molecule has 2 aliphatic heterocycles. The number of nitrogens with zero attached hydrogens (tertiary/aromatic N) is 5. The molecule has 7 heteroatoms. The second kappa shape index (κ2) is 7.57. The molecule has 2 aliphatic rings. The first kappa shape index (κ1) is 18.8. The van der Waals surface area contributed by atoms with Gasteiger partial charge in [0.25, 0.3) is 0 Å². The number of aliphatic imine (C=N–C) groups is 1. The number of fused-ring (bicyclic) bond motifs is 1. The van der Waals surface area contributed by atoms with Gasteiger partial charge in [0.05, 0.1) is 11.4 Å². The van der Waals surface area contributed by atoms with Crippen LogP contribution in [0.4, 0.5) is 10.1 Å². The molecule has 6 nitrogen and oxygen atoms in total. The summed E-state index contributed by atoms with van der Waals surface area (Å²) in [5.74, 6) is 0.675. The number of nitrogens with two attached hydrogens (primary N) is 1. The summed E-state index contributed by atoms with van der Waals surface area (Å²) in [5, 5.41) is 0. The third-order valence-corrected chi connectivity index (χ3v) is 6.08. The van der Waals surface area contributed by atoms with Crippen LogP contribution in [0.5, 0.6) is 0 Å². The number of benzene rings is 1. The molecule has 0 bridgehead atoms. The molecule has 3 aromatic rings. The highest BCUT2D eigenvalue weighted by Crippen LogP contribution is 2.38. The van der Waals surface area contributed by atoms with Crippen molar-refractivity contribution < 1.29 is 4.39 Å². The average molecular weight is 404 g/mol. The predicted octanol–water partition coefficient (Wildman–Crippen LogP) is 3.60. The van der Waals surface area contributed by atoms with Gasteiger partial charge in [-0.1, -0.05) is 0 Å². The average Bonchev–Trinajstić information content (AvgIpc) is 3.19. The number of hydrogen-bond donors (Lipinski definition) is 1. The first-order chi connectivity index (χ1) is 14.6. The van der Waals surface area contributed by atoms with Crippen LogP contribution in [0, 0.1) is 5.82 Å². The Bertz CT molecular complexity index is 1120. The van der Waals surface area contributed by atoms with Crippen LogP contribution in [-0.4, -0.2) is 46.9 Å².